The van der Waals surface area contributed by atoms with Gasteiger partial charge in [-0.1, -0.05) is 25.1 Å². The van der Waals surface area contributed by atoms with Crippen LogP contribution in [0.4, 0.5) is 0 Å². The average molecular weight is 437 g/mol. The highest BCUT2D eigenvalue weighted by Crippen LogP contribution is 2.44. The Morgan fingerprint density at radius 3 is 2.64 bits per heavy atom. The minimum Gasteiger partial charge on any atom is -0.493 e. The van der Waals surface area contributed by atoms with Gasteiger partial charge >= 0.3 is 0 Å². The van der Waals surface area contributed by atoms with E-state index in [9.17, 15) is 0 Å². The molecule has 6 heteroatoms. The van der Waals surface area contributed by atoms with Crippen molar-refractivity contribution in [3.8, 4) is 40.1 Å². The number of pyridine rings is 1. The number of methoxy groups -OCH3 is 1. The van der Waals surface area contributed by atoms with Crippen molar-refractivity contribution in [2.24, 2.45) is 0 Å². The third-order valence-electron chi connectivity index (χ3n) is 6.09. The van der Waals surface area contributed by atoms with Crippen LogP contribution in [-0.2, 0) is 19.3 Å². The predicted molar refractivity (Wildman–Crippen MR) is 126 cm³/mol. The second kappa shape index (κ2) is 8.79. The highest BCUT2D eigenvalue weighted by Gasteiger charge is 2.27. The normalized spacial score (nSPS) is 11.5. The van der Waals surface area contributed by atoms with E-state index in [4.69, 9.17) is 14.7 Å². The standard InChI is InChI=1S/C27H24N4O2/c1-3-17-6-9-21(29-16-17)10-11-33-25-13-20-12-23-26(19-7-4-18(15-28)5-8-19)30-31-27(23)22(20)14-24(25)32-2/h4-9,13-14,16H,3,10-12H2,1-2H3,(H,30,31). The number of aromatic amines is 1. The number of H-pyrrole nitrogens is 1. The maximum atomic E-state index is 9.06. The van der Waals surface area contributed by atoms with Gasteiger partial charge in [0.25, 0.3) is 0 Å². The van der Waals surface area contributed by atoms with E-state index in [-0.39, 0.29) is 0 Å². The van der Waals surface area contributed by atoms with Crippen molar-refractivity contribution in [1.29, 1.82) is 5.26 Å². The number of benzene rings is 2. The molecule has 2 aromatic heterocycles. The fourth-order valence-corrected chi connectivity index (χ4v) is 4.22. The number of fused-ring (bicyclic) bond motifs is 3. The molecule has 0 spiro atoms. The summed E-state index contributed by atoms with van der Waals surface area (Å²) in [6.45, 7) is 2.65. The van der Waals surface area contributed by atoms with Crippen LogP contribution in [0.3, 0.4) is 0 Å². The fraction of sp³-hybridized carbons (Fsp3) is 0.222. The number of nitriles is 1. The molecule has 0 radical (unpaired) electrons. The monoisotopic (exact) mass is 436 g/mol. The van der Waals surface area contributed by atoms with Crippen LogP contribution in [-0.4, -0.2) is 28.9 Å². The maximum Gasteiger partial charge on any atom is 0.161 e. The van der Waals surface area contributed by atoms with Crippen LogP contribution in [0.5, 0.6) is 11.5 Å². The summed E-state index contributed by atoms with van der Waals surface area (Å²) in [5.74, 6) is 1.44. The molecule has 33 heavy (non-hydrogen) atoms. The smallest absolute Gasteiger partial charge is 0.161 e. The SMILES string of the molecule is CCc1ccc(CCOc2cc3c(cc2OC)-c2[nH]nc(-c4ccc(C#N)cc4)c2C3)nc1. The number of ether oxygens (including phenoxy) is 2. The third-order valence-corrected chi connectivity index (χ3v) is 6.09. The van der Waals surface area contributed by atoms with E-state index in [0.29, 0.717) is 17.9 Å². The quantitative estimate of drug-likeness (QED) is 0.383. The Labute approximate surface area is 192 Å². The fourth-order valence-electron chi connectivity index (χ4n) is 4.22. The molecule has 0 saturated carbocycles. The zero-order valence-electron chi connectivity index (χ0n) is 18.7. The van der Waals surface area contributed by atoms with Gasteiger partial charge in [0.05, 0.1) is 36.7 Å². The number of nitrogens with zero attached hydrogens (tertiary/aromatic N) is 3. The average Bonchev–Trinajstić information content (AvgIpc) is 3.43. The molecule has 0 saturated heterocycles. The molecule has 0 fully saturated rings. The summed E-state index contributed by atoms with van der Waals surface area (Å²) in [6, 6.07) is 17.9. The van der Waals surface area contributed by atoms with E-state index in [0.717, 1.165) is 58.8 Å². The van der Waals surface area contributed by atoms with E-state index in [1.54, 1.807) is 7.11 Å². The van der Waals surface area contributed by atoms with Crippen molar-refractivity contribution in [2.45, 2.75) is 26.2 Å². The van der Waals surface area contributed by atoms with Crippen molar-refractivity contribution in [2.75, 3.05) is 13.7 Å². The molecule has 5 rings (SSSR count). The minimum atomic E-state index is 0.525. The third kappa shape index (κ3) is 3.94. The summed E-state index contributed by atoms with van der Waals surface area (Å²) in [7, 11) is 1.66. The highest BCUT2D eigenvalue weighted by molar-refractivity contribution is 5.82. The molecule has 1 aliphatic carbocycles. The van der Waals surface area contributed by atoms with Crippen molar-refractivity contribution in [3.05, 3.63) is 82.7 Å². The van der Waals surface area contributed by atoms with E-state index < -0.39 is 0 Å². The molecule has 0 bridgehead atoms. The summed E-state index contributed by atoms with van der Waals surface area (Å²) in [5.41, 5.74) is 9.20. The first-order valence-corrected chi connectivity index (χ1v) is 11.1. The Morgan fingerprint density at radius 1 is 1.09 bits per heavy atom. The first kappa shape index (κ1) is 20.8. The van der Waals surface area contributed by atoms with Gasteiger partial charge in [0.2, 0.25) is 0 Å². The van der Waals surface area contributed by atoms with Crippen LogP contribution in [0.25, 0.3) is 22.5 Å². The molecule has 0 aliphatic heterocycles. The molecule has 2 heterocycles. The van der Waals surface area contributed by atoms with Crippen LogP contribution in [0.15, 0.2) is 54.7 Å². The highest BCUT2D eigenvalue weighted by atomic mass is 16.5. The lowest BCUT2D eigenvalue weighted by Crippen LogP contribution is -2.05. The Morgan fingerprint density at radius 2 is 1.94 bits per heavy atom. The zero-order chi connectivity index (χ0) is 22.8. The van der Waals surface area contributed by atoms with E-state index in [1.165, 1.54) is 11.1 Å². The Hall–Kier alpha value is -4.11. The Balaban J connectivity index is 1.35. The molecular formula is C27H24N4O2. The molecular weight excluding hydrogens is 412 g/mol. The molecule has 0 atom stereocenters. The van der Waals surface area contributed by atoms with E-state index in [1.807, 2.05) is 36.5 Å². The van der Waals surface area contributed by atoms with Gasteiger partial charge in [-0.15, -0.1) is 0 Å². The number of rotatable bonds is 7. The lowest BCUT2D eigenvalue weighted by atomic mass is 10.0. The second-order valence-electron chi connectivity index (χ2n) is 8.06. The maximum absolute atomic E-state index is 9.06. The van der Waals surface area contributed by atoms with Gasteiger partial charge in [-0.2, -0.15) is 10.4 Å². The summed E-state index contributed by atoms with van der Waals surface area (Å²) in [4.78, 5) is 4.51. The van der Waals surface area contributed by atoms with Gasteiger partial charge in [0, 0.05) is 41.4 Å². The minimum absolute atomic E-state index is 0.525. The van der Waals surface area contributed by atoms with Gasteiger partial charge in [-0.25, -0.2) is 0 Å². The Bertz CT molecular complexity index is 1330. The molecule has 164 valence electrons. The second-order valence-corrected chi connectivity index (χ2v) is 8.06. The first-order chi connectivity index (χ1) is 16.2. The summed E-state index contributed by atoms with van der Waals surface area (Å²) >= 11 is 0. The summed E-state index contributed by atoms with van der Waals surface area (Å²) in [5, 5.41) is 16.8. The molecule has 6 nitrogen and oxygen atoms in total. The van der Waals surface area contributed by atoms with Gasteiger partial charge in [0.1, 0.15) is 0 Å². The number of hydrogen-bond acceptors (Lipinski definition) is 5. The topological polar surface area (TPSA) is 83.8 Å². The van der Waals surface area contributed by atoms with Crippen molar-refractivity contribution in [1.82, 2.24) is 15.2 Å². The van der Waals surface area contributed by atoms with Crippen LogP contribution in [0, 0.1) is 11.3 Å². The molecule has 2 aromatic carbocycles. The van der Waals surface area contributed by atoms with Gasteiger partial charge in [0.15, 0.2) is 11.5 Å². The van der Waals surface area contributed by atoms with Crippen LogP contribution in [0.2, 0.25) is 0 Å². The summed E-state index contributed by atoms with van der Waals surface area (Å²) in [6.07, 6.45) is 4.41. The largest absolute Gasteiger partial charge is 0.493 e. The molecule has 1 N–H and O–H groups in total. The lowest BCUT2D eigenvalue weighted by Gasteiger charge is -2.13. The number of aryl methyl sites for hydroxylation is 1. The molecule has 0 amide bonds. The van der Waals surface area contributed by atoms with Crippen molar-refractivity contribution < 1.29 is 9.47 Å². The first-order valence-electron chi connectivity index (χ1n) is 11.1. The number of nitrogens with one attached hydrogen (secondary N) is 1. The predicted octanol–water partition coefficient (Wildman–Crippen LogP) is 5.11. The van der Waals surface area contributed by atoms with Crippen LogP contribution >= 0.6 is 0 Å². The van der Waals surface area contributed by atoms with E-state index in [2.05, 4.69) is 46.4 Å². The van der Waals surface area contributed by atoms with Crippen molar-refractivity contribution >= 4 is 0 Å². The lowest BCUT2D eigenvalue weighted by molar-refractivity contribution is 0.296. The van der Waals surface area contributed by atoms with E-state index >= 15 is 0 Å². The zero-order valence-corrected chi connectivity index (χ0v) is 18.7. The molecule has 0 unspecified atom stereocenters. The molecule has 4 aromatic rings. The van der Waals surface area contributed by atoms with Gasteiger partial charge < -0.3 is 9.47 Å². The molecule has 1 aliphatic rings. The van der Waals surface area contributed by atoms with Gasteiger partial charge in [-0.3, -0.25) is 10.1 Å². The summed E-state index contributed by atoms with van der Waals surface area (Å²) < 4.78 is 11.7. The Kier molecular flexibility index (Phi) is 5.54. The van der Waals surface area contributed by atoms with Crippen molar-refractivity contribution in [3.63, 3.8) is 0 Å². The van der Waals surface area contributed by atoms with Crippen LogP contribution in [0.1, 0.15) is 34.9 Å². The van der Waals surface area contributed by atoms with Gasteiger partial charge in [-0.05, 0) is 47.9 Å². The number of aromatic nitrogens is 3. The van der Waals surface area contributed by atoms with Crippen LogP contribution < -0.4 is 9.47 Å². The number of hydrogen-bond donors (Lipinski definition) is 1.